The first-order valence-corrected chi connectivity index (χ1v) is 9.31. The van der Waals surface area contributed by atoms with Crippen LogP contribution in [0.3, 0.4) is 0 Å². The Balaban J connectivity index is 1.90. The van der Waals surface area contributed by atoms with Crippen LogP contribution in [-0.4, -0.2) is 24.3 Å². The van der Waals surface area contributed by atoms with Crippen LogP contribution in [0.2, 0.25) is 0 Å². The van der Waals surface area contributed by atoms with Crippen molar-refractivity contribution >= 4 is 0 Å². The van der Waals surface area contributed by atoms with E-state index in [4.69, 9.17) is 4.74 Å². The minimum Gasteiger partial charge on any atom is -0.371 e. The van der Waals surface area contributed by atoms with Gasteiger partial charge in [0, 0.05) is 12.6 Å². The van der Waals surface area contributed by atoms with Gasteiger partial charge in [-0.25, -0.2) is 0 Å². The smallest absolute Gasteiger partial charge is 0.0810 e. The van der Waals surface area contributed by atoms with Crippen molar-refractivity contribution in [2.45, 2.75) is 97.3 Å². The van der Waals surface area contributed by atoms with Gasteiger partial charge in [0.2, 0.25) is 0 Å². The van der Waals surface area contributed by atoms with Crippen molar-refractivity contribution in [3.8, 4) is 0 Å². The molecule has 0 radical (unpaired) electrons. The molecule has 124 valence electrons. The Labute approximate surface area is 132 Å². The maximum Gasteiger partial charge on any atom is 0.0810 e. The first-order chi connectivity index (χ1) is 9.90. The number of hydrogen-bond acceptors (Lipinski definition) is 2. The molecule has 2 aliphatic carbocycles. The van der Waals surface area contributed by atoms with Gasteiger partial charge in [0.15, 0.2) is 0 Å². The van der Waals surface area contributed by atoms with Gasteiger partial charge in [-0.2, -0.15) is 0 Å². The van der Waals surface area contributed by atoms with Crippen LogP contribution in [0.1, 0.15) is 79.6 Å². The minimum atomic E-state index is 0.113. The Morgan fingerprint density at radius 3 is 2.10 bits per heavy atom. The number of hydrogen-bond donors (Lipinski definition) is 1. The van der Waals surface area contributed by atoms with Crippen LogP contribution >= 0.6 is 0 Å². The lowest BCUT2D eigenvalue weighted by Gasteiger charge is -2.43. The second-order valence-electron chi connectivity index (χ2n) is 8.48. The average Bonchev–Trinajstić information content (AvgIpc) is 3.20. The molecule has 0 aromatic rings. The zero-order chi connectivity index (χ0) is 15.5. The molecule has 2 nitrogen and oxygen atoms in total. The summed E-state index contributed by atoms with van der Waals surface area (Å²) in [6, 6.07) is 0.786. The van der Waals surface area contributed by atoms with Gasteiger partial charge in [-0.15, -0.1) is 0 Å². The molecule has 0 spiro atoms. The van der Waals surface area contributed by atoms with Crippen LogP contribution in [0.15, 0.2) is 0 Å². The van der Waals surface area contributed by atoms with Crippen LogP contribution in [0, 0.1) is 17.8 Å². The van der Waals surface area contributed by atoms with Gasteiger partial charge in [0.25, 0.3) is 0 Å². The summed E-state index contributed by atoms with van der Waals surface area (Å²) >= 11 is 0. The van der Waals surface area contributed by atoms with E-state index in [1.54, 1.807) is 0 Å². The van der Waals surface area contributed by atoms with E-state index in [0.29, 0.717) is 6.10 Å². The highest BCUT2D eigenvalue weighted by Gasteiger charge is 2.39. The Morgan fingerprint density at radius 1 is 1.00 bits per heavy atom. The summed E-state index contributed by atoms with van der Waals surface area (Å²) in [6.45, 7) is 12.7. The van der Waals surface area contributed by atoms with Gasteiger partial charge < -0.3 is 10.1 Å². The Morgan fingerprint density at radius 2 is 1.62 bits per heavy atom. The Bertz CT molecular complexity index is 301. The SMILES string of the molecule is CC(C)CC(C)OC1(CNC2CC2)CCC(C(C)C)CC1. The van der Waals surface area contributed by atoms with E-state index >= 15 is 0 Å². The zero-order valence-corrected chi connectivity index (χ0v) is 15.0. The third kappa shape index (κ3) is 5.56. The fourth-order valence-electron chi connectivity index (χ4n) is 3.93. The monoisotopic (exact) mass is 295 g/mol. The zero-order valence-electron chi connectivity index (χ0n) is 15.0. The van der Waals surface area contributed by atoms with E-state index in [9.17, 15) is 0 Å². The van der Waals surface area contributed by atoms with E-state index < -0.39 is 0 Å². The van der Waals surface area contributed by atoms with Gasteiger partial charge in [-0.05, 0) is 69.6 Å². The molecule has 2 fully saturated rings. The van der Waals surface area contributed by atoms with Crippen molar-refractivity contribution in [3.05, 3.63) is 0 Å². The molecule has 2 heteroatoms. The molecule has 0 aromatic carbocycles. The fraction of sp³-hybridized carbons (Fsp3) is 1.00. The number of nitrogens with one attached hydrogen (secondary N) is 1. The quantitative estimate of drug-likeness (QED) is 0.696. The van der Waals surface area contributed by atoms with Crippen LogP contribution in [0.5, 0.6) is 0 Å². The molecule has 2 rings (SSSR count). The molecule has 0 aliphatic heterocycles. The van der Waals surface area contributed by atoms with Crippen molar-refractivity contribution in [2.24, 2.45) is 17.8 Å². The standard InChI is InChI=1S/C19H37NO/c1-14(2)12-16(5)21-19(13-20-18-6-7-18)10-8-17(9-11-19)15(3)4/h14-18,20H,6-13H2,1-5H3. The number of rotatable bonds is 8. The molecule has 1 unspecified atom stereocenters. The molecule has 21 heavy (non-hydrogen) atoms. The lowest BCUT2D eigenvalue weighted by molar-refractivity contribution is -0.119. The highest BCUT2D eigenvalue weighted by Crippen LogP contribution is 2.39. The second-order valence-corrected chi connectivity index (χ2v) is 8.48. The predicted molar refractivity (Wildman–Crippen MR) is 90.6 cm³/mol. The molecule has 0 amide bonds. The van der Waals surface area contributed by atoms with Crippen LogP contribution < -0.4 is 5.32 Å². The summed E-state index contributed by atoms with van der Waals surface area (Å²) in [7, 11) is 0. The van der Waals surface area contributed by atoms with Crippen molar-refractivity contribution < 1.29 is 4.74 Å². The summed E-state index contributed by atoms with van der Waals surface area (Å²) in [4.78, 5) is 0. The molecule has 1 N–H and O–H groups in total. The summed E-state index contributed by atoms with van der Waals surface area (Å²) in [5, 5.41) is 3.74. The highest BCUT2D eigenvalue weighted by molar-refractivity contribution is 4.93. The van der Waals surface area contributed by atoms with Crippen molar-refractivity contribution in [1.29, 1.82) is 0 Å². The molecule has 0 saturated heterocycles. The first-order valence-electron chi connectivity index (χ1n) is 9.31. The number of ether oxygens (including phenoxy) is 1. The summed E-state index contributed by atoms with van der Waals surface area (Å²) in [6.07, 6.45) is 9.49. The van der Waals surface area contributed by atoms with Crippen LogP contribution in [-0.2, 0) is 4.74 Å². The molecular weight excluding hydrogens is 258 g/mol. The van der Waals surface area contributed by atoms with E-state index in [2.05, 4.69) is 39.9 Å². The van der Waals surface area contributed by atoms with Crippen LogP contribution in [0.4, 0.5) is 0 Å². The largest absolute Gasteiger partial charge is 0.371 e. The van der Waals surface area contributed by atoms with Gasteiger partial charge in [0.05, 0.1) is 11.7 Å². The molecular formula is C19H37NO. The lowest BCUT2D eigenvalue weighted by Crippen LogP contribution is -2.48. The molecule has 2 saturated carbocycles. The topological polar surface area (TPSA) is 21.3 Å². The lowest BCUT2D eigenvalue weighted by atomic mass is 9.74. The van der Waals surface area contributed by atoms with Gasteiger partial charge in [-0.3, -0.25) is 0 Å². The maximum atomic E-state index is 6.63. The van der Waals surface area contributed by atoms with Crippen molar-refractivity contribution in [2.75, 3.05) is 6.54 Å². The van der Waals surface area contributed by atoms with E-state index in [-0.39, 0.29) is 5.60 Å². The first kappa shape index (κ1) is 17.3. The van der Waals surface area contributed by atoms with Gasteiger partial charge in [0.1, 0.15) is 0 Å². The van der Waals surface area contributed by atoms with Crippen LogP contribution in [0.25, 0.3) is 0 Å². The van der Waals surface area contributed by atoms with E-state index in [1.165, 1.54) is 44.9 Å². The highest BCUT2D eigenvalue weighted by atomic mass is 16.5. The minimum absolute atomic E-state index is 0.113. The predicted octanol–water partition coefficient (Wildman–Crippen LogP) is 4.77. The molecule has 0 heterocycles. The average molecular weight is 296 g/mol. The Hall–Kier alpha value is -0.0800. The second kappa shape index (κ2) is 7.46. The Kier molecular flexibility index (Phi) is 6.14. The van der Waals surface area contributed by atoms with Crippen molar-refractivity contribution in [1.82, 2.24) is 5.32 Å². The summed E-state index contributed by atoms with van der Waals surface area (Å²) in [5.74, 6) is 2.45. The molecule has 1 atom stereocenters. The van der Waals surface area contributed by atoms with Gasteiger partial charge >= 0.3 is 0 Å². The van der Waals surface area contributed by atoms with E-state index in [0.717, 1.165) is 30.3 Å². The molecule has 0 bridgehead atoms. The molecule has 2 aliphatic rings. The molecule has 0 aromatic heterocycles. The van der Waals surface area contributed by atoms with Gasteiger partial charge in [-0.1, -0.05) is 27.7 Å². The van der Waals surface area contributed by atoms with E-state index in [1.807, 2.05) is 0 Å². The summed E-state index contributed by atoms with van der Waals surface area (Å²) < 4.78 is 6.63. The third-order valence-corrected chi connectivity index (χ3v) is 5.43. The maximum absolute atomic E-state index is 6.63. The fourth-order valence-corrected chi connectivity index (χ4v) is 3.93. The van der Waals surface area contributed by atoms with Crippen molar-refractivity contribution in [3.63, 3.8) is 0 Å². The summed E-state index contributed by atoms with van der Waals surface area (Å²) in [5.41, 5.74) is 0.113. The normalized spacial score (nSPS) is 31.9. The third-order valence-electron chi connectivity index (χ3n) is 5.43.